The average molecular weight is 373 g/mol. The first-order valence-electron chi connectivity index (χ1n) is 9.99. The number of nitrogens with zero attached hydrogens (tertiary/aromatic N) is 2. The number of likely N-dealkylation sites (N-methyl/N-ethyl adjacent to an activating group) is 1. The van der Waals surface area contributed by atoms with Crippen molar-refractivity contribution in [2.75, 3.05) is 26.7 Å². The maximum absolute atomic E-state index is 12.6. The van der Waals surface area contributed by atoms with E-state index in [1.54, 1.807) is 29.2 Å². The van der Waals surface area contributed by atoms with Crippen LogP contribution in [-0.4, -0.2) is 66.5 Å². The summed E-state index contributed by atoms with van der Waals surface area (Å²) in [4.78, 5) is 28.9. The molecule has 2 amide bonds. The Labute approximate surface area is 161 Å². The predicted molar refractivity (Wildman–Crippen MR) is 105 cm³/mol. The molecule has 1 aromatic rings. The second kappa shape index (κ2) is 8.74. The van der Waals surface area contributed by atoms with E-state index in [4.69, 9.17) is 4.74 Å². The quantitative estimate of drug-likeness (QED) is 0.860. The van der Waals surface area contributed by atoms with E-state index in [-0.39, 0.29) is 36.5 Å². The van der Waals surface area contributed by atoms with Crippen molar-refractivity contribution in [2.45, 2.75) is 57.7 Å². The highest BCUT2D eigenvalue weighted by Crippen LogP contribution is 2.23. The largest absolute Gasteiger partial charge is 0.484 e. The van der Waals surface area contributed by atoms with Crippen LogP contribution in [0.25, 0.3) is 0 Å². The second-order valence-electron chi connectivity index (χ2n) is 7.81. The molecule has 2 fully saturated rings. The summed E-state index contributed by atoms with van der Waals surface area (Å²) in [6.45, 7) is 6.04. The first kappa shape index (κ1) is 19.7. The molecule has 148 valence electrons. The summed E-state index contributed by atoms with van der Waals surface area (Å²) in [5.41, 5.74) is 0.640. The fourth-order valence-corrected chi connectivity index (χ4v) is 4.17. The van der Waals surface area contributed by atoms with Gasteiger partial charge in [0, 0.05) is 37.3 Å². The van der Waals surface area contributed by atoms with Crippen molar-refractivity contribution in [3.63, 3.8) is 0 Å². The lowest BCUT2D eigenvalue weighted by molar-refractivity contribution is -0.139. The van der Waals surface area contributed by atoms with Crippen LogP contribution in [0, 0.1) is 0 Å². The van der Waals surface area contributed by atoms with E-state index < -0.39 is 0 Å². The van der Waals surface area contributed by atoms with Crippen molar-refractivity contribution in [3.05, 3.63) is 29.8 Å². The molecule has 1 N–H and O–H groups in total. The Hall–Kier alpha value is -2.08. The molecule has 27 heavy (non-hydrogen) atoms. The summed E-state index contributed by atoms with van der Waals surface area (Å²) in [5, 5.41) is 3.28. The van der Waals surface area contributed by atoms with Crippen molar-refractivity contribution in [2.24, 2.45) is 0 Å². The van der Waals surface area contributed by atoms with Gasteiger partial charge in [-0.3, -0.25) is 9.59 Å². The number of ether oxygens (including phenoxy) is 1. The van der Waals surface area contributed by atoms with Gasteiger partial charge in [-0.15, -0.1) is 0 Å². The van der Waals surface area contributed by atoms with E-state index in [0.717, 1.165) is 32.4 Å². The standard InChI is InChI=1S/C21H31N3O3/c1-15-5-4-6-16(2)24(15)20(25)14-27-19-9-7-17(8-10-19)21(26)23(3)18-11-12-22-13-18/h7-10,15-16,18,22H,4-6,11-14H2,1-3H3. The third-order valence-electron chi connectivity index (χ3n) is 5.85. The maximum atomic E-state index is 12.6. The van der Waals surface area contributed by atoms with Crippen molar-refractivity contribution >= 4 is 11.8 Å². The molecule has 3 unspecified atom stereocenters. The molecule has 0 bridgehead atoms. The smallest absolute Gasteiger partial charge is 0.260 e. The molecule has 0 aliphatic carbocycles. The minimum atomic E-state index is 0.0160. The zero-order valence-corrected chi connectivity index (χ0v) is 16.6. The van der Waals surface area contributed by atoms with Gasteiger partial charge >= 0.3 is 0 Å². The van der Waals surface area contributed by atoms with E-state index in [2.05, 4.69) is 19.2 Å². The topological polar surface area (TPSA) is 61.9 Å². The van der Waals surface area contributed by atoms with Crippen molar-refractivity contribution < 1.29 is 14.3 Å². The summed E-state index contributed by atoms with van der Waals surface area (Å²) in [6, 6.07) is 7.87. The zero-order valence-electron chi connectivity index (χ0n) is 16.6. The van der Waals surface area contributed by atoms with Crippen molar-refractivity contribution in [1.29, 1.82) is 0 Å². The summed E-state index contributed by atoms with van der Waals surface area (Å²) >= 11 is 0. The van der Waals surface area contributed by atoms with E-state index >= 15 is 0 Å². The fraction of sp³-hybridized carbons (Fsp3) is 0.619. The normalized spacial score (nSPS) is 25.3. The SMILES string of the molecule is CC1CCCC(C)N1C(=O)COc1ccc(C(=O)N(C)C2CCNC2)cc1. The number of carbonyl (C=O) groups excluding carboxylic acids is 2. The highest BCUT2D eigenvalue weighted by atomic mass is 16.5. The van der Waals surface area contributed by atoms with Crippen molar-refractivity contribution in [3.8, 4) is 5.75 Å². The monoisotopic (exact) mass is 373 g/mol. The lowest BCUT2D eigenvalue weighted by Crippen LogP contribution is -2.49. The van der Waals surface area contributed by atoms with Crippen LogP contribution < -0.4 is 10.1 Å². The molecule has 2 aliphatic rings. The molecule has 6 heteroatoms. The van der Waals surface area contributed by atoms with Crippen LogP contribution in [0.15, 0.2) is 24.3 Å². The Morgan fingerprint density at radius 1 is 1.15 bits per heavy atom. The number of nitrogens with one attached hydrogen (secondary N) is 1. The third-order valence-corrected chi connectivity index (χ3v) is 5.85. The Bertz CT molecular complexity index is 645. The van der Waals surface area contributed by atoms with Crippen LogP contribution in [0.2, 0.25) is 0 Å². The number of rotatable bonds is 5. The minimum absolute atomic E-state index is 0.0160. The number of piperidine rings is 1. The Kier molecular flexibility index (Phi) is 6.37. The number of likely N-dealkylation sites (tertiary alicyclic amines) is 1. The maximum Gasteiger partial charge on any atom is 0.260 e. The lowest BCUT2D eigenvalue weighted by Gasteiger charge is -2.38. The summed E-state index contributed by atoms with van der Waals surface area (Å²) < 4.78 is 5.69. The second-order valence-corrected chi connectivity index (χ2v) is 7.81. The summed E-state index contributed by atoms with van der Waals surface area (Å²) in [6.07, 6.45) is 4.26. The molecule has 2 aliphatic heterocycles. The average Bonchev–Trinajstić information content (AvgIpc) is 3.20. The van der Waals surface area contributed by atoms with Crippen LogP contribution in [0.3, 0.4) is 0 Å². The molecule has 3 rings (SSSR count). The molecule has 2 heterocycles. The Morgan fingerprint density at radius 2 is 1.81 bits per heavy atom. The predicted octanol–water partition coefficient (Wildman–Crippen LogP) is 2.29. The molecule has 0 spiro atoms. The summed E-state index contributed by atoms with van der Waals surface area (Å²) in [5.74, 6) is 0.660. The highest BCUT2D eigenvalue weighted by Gasteiger charge is 2.29. The van der Waals surface area contributed by atoms with Gasteiger partial charge in [0.25, 0.3) is 11.8 Å². The van der Waals surface area contributed by atoms with Gasteiger partial charge in [-0.2, -0.15) is 0 Å². The zero-order chi connectivity index (χ0) is 19.4. The molecular formula is C21H31N3O3. The van der Waals surface area contributed by atoms with E-state index in [1.165, 1.54) is 6.42 Å². The molecule has 6 nitrogen and oxygen atoms in total. The van der Waals surface area contributed by atoms with Crippen LogP contribution in [0.5, 0.6) is 5.75 Å². The van der Waals surface area contributed by atoms with Crippen molar-refractivity contribution in [1.82, 2.24) is 15.1 Å². The van der Waals surface area contributed by atoms with E-state index in [9.17, 15) is 9.59 Å². The van der Waals surface area contributed by atoms with Gasteiger partial charge in [0.15, 0.2) is 6.61 Å². The molecular weight excluding hydrogens is 342 g/mol. The lowest BCUT2D eigenvalue weighted by atomic mass is 9.97. The van der Waals surface area contributed by atoms with Gasteiger partial charge in [-0.05, 0) is 70.3 Å². The van der Waals surface area contributed by atoms with Gasteiger partial charge in [0.05, 0.1) is 0 Å². The van der Waals surface area contributed by atoms with Gasteiger partial charge < -0.3 is 19.9 Å². The van der Waals surface area contributed by atoms with Crippen LogP contribution in [0.4, 0.5) is 0 Å². The van der Waals surface area contributed by atoms with Crippen LogP contribution in [-0.2, 0) is 4.79 Å². The molecule has 2 saturated heterocycles. The van der Waals surface area contributed by atoms with E-state index in [0.29, 0.717) is 11.3 Å². The van der Waals surface area contributed by atoms with Gasteiger partial charge in [0.2, 0.25) is 0 Å². The number of carbonyl (C=O) groups is 2. The molecule has 3 atom stereocenters. The van der Waals surface area contributed by atoms with E-state index in [1.807, 2.05) is 11.9 Å². The number of amides is 2. The fourth-order valence-electron chi connectivity index (χ4n) is 4.17. The van der Waals surface area contributed by atoms with Crippen LogP contribution >= 0.6 is 0 Å². The number of benzene rings is 1. The van der Waals surface area contributed by atoms with Gasteiger partial charge in [0.1, 0.15) is 5.75 Å². The van der Waals surface area contributed by atoms with Gasteiger partial charge in [-0.1, -0.05) is 0 Å². The molecule has 1 aromatic carbocycles. The molecule has 0 radical (unpaired) electrons. The third kappa shape index (κ3) is 4.61. The summed E-state index contributed by atoms with van der Waals surface area (Å²) in [7, 11) is 1.85. The van der Waals surface area contributed by atoms with Crippen LogP contribution in [0.1, 0.15) is 49.9 Å². The van der Waals surface area contributed by atoms with Gasteiger partial charge in [-0.25, -0.2) is 0 Å². The first-order chi connectivity index (χ1) is 13.0. The first-order valence-corrected chi connectivity index (χ1v) is 9.99. The molecule has 0 aromatic heterocycles. The number of hydrogen-bond acceptors (Lipinski definition) is 4. The Balaban J connectivity index is 1.54. The highest BCUT2D eigenvalue weighted by molar-refractivity contribution is 5.94. The molecule has 0 saturated carbocycles. The Morgan fingerprint density at radius 3 is 2.41 bits per heavy atom. The number of hydrogen-bond donors (Lipinski definition) is 1. The minimum Gasteiger partial charge on any atom is -0.484 e.